The number of nitrogens with zero attached hydrogens (tertiary/aromatic N) is 1. The van der Waals surface area contributed by atoms with Gasteiger partial charge in [0.05, 0.1) is 17.9 Å². The number of rotatable bonds is 5. The fourth-order valence-corrected chi connectivity index (χ4v) is 3.32. The van der Waals surface area contributed by atoms with E-state index in [2.05, 4.69) is 0 Å². The van der Waals surface area contributed by atoms with Crippen LogP contribution in [0.2, 0.25) is 0 Å². The number of ether oxygens (including phenoxy) is 1. The number of amides is 2. The van der Waals surface area contributed by atoms with Gasteiger partial charge in [-0.15, -0.1) is 0 Å². The molecule has 0 spiro atoms. The lowest BCUT2D eigenvalue weighted by molar-refractivity contribution is -0.122. The molecule has 0 atom stereocenters. The minimum atomic E-state index is -0.441. The van der Waals surface area contributed by atoms with Crippen molar-refractivity contribution in [2.24, 2.45) is 5.92 Å². The normalized spacial score (nSPS) is 14.9. The molecule has 0 bridgehead atoms. The Hall–Kier alpha value is -3.21. The van der Waals surface area contributed by atoms with Gasteiger partial charge in [0.15, 0.2) is 5.78 Å². The molecule has 0 saturated heterocycles. The van der Waals surface area contributed by atoms with Crippen LogP contribution in [0.25, 0.3) is 11.3 Å². The molecule has 0 saturated carbocycles. The van der Waals surface area contributed by atoms with E-state index in [1.165, 1.54) is 6.92 Å². The quantitative estimate of drug-likeness (QED) is 0.442. The first-order valence-corrected chi connectivity index (χ1v) is 9.33. The maximum Gasteiger partial charge on any atom is 0.269 e. The molecule has 0 aliphatic carbocycles. The lowest BCUT2D eigenvalue weighted by Gasteiger charge is -2.13. The van der Waals surface area contributed by atoms with Gasteiger partial charge in [0.25, 0.3) is 5.91 Å². The molecular weight excluding hydrogens is 354 g/mol. The maximum absolute atomic E-state index is 13.2. The zero-order valence-corrected chi connectivity index (χ0v) is 16.5. The highest BCUT2D eigenvalue weighted by Crippen LogP contribution is 2.42. The number of anilines is 1. The van der Waals surface area contributed by atoms with Crippen LogP contribution in [0.3, 0.4) is 0 Å². The summed E-state index contributed by atoms with van der Waals surface area (Å²) in [6.07, 6.45) is 0. The first-order chi connectivity index (χ1) is 13.4. The predicted octanol–water partition coefficient (Wildman–Crippen LogP) is 4.32. The van der Waals surface area contributed by atoms with Gasteiger partial charge >= 0.3 is 0 Å². The number of carbonyl (C=O) groups is 3. The van der Waals surface area contributed by atoms with E-state index in [-0.39, 0.29) is 17.6 Å². The van der Waals surface area contributed by atoms with Gasteiger partial charge in [-0.3, -0.25) is 14.4 Å². The molecule has 2 aromatic carbocycles. The molecular formula is C23H23NO4. The van der Waals surface area contributed by atoms with E-state index < -0.39 is 5.91 Å². The fraction of sp³-hybridized carbons (Fsp3) is 0.261. The molecule has 0 N–H and O–H groups in total. The van der Waals surface area contributed by atoms with Gasteiger partial charge in [0, 0.05) is 29.5 Å². The second-order valence-corrected chi connectivity index (χ2v) is 6.91. The van der Waals surface area contributed by atoms with E-state index in [9.17, 15) is 14.4 Å². The summed E-state index contributed by atoms with van der Waals surface area (Å²) >= 11 is 0. The lowest BCUT2D eigenvalue weighted by atomic mass is 9.95. The van der Waals surface area contributed by atoms with E-state index in [1.807, 2.05) is 51.1 Å². The summed E-state index contributed by atoms with van der Waals surface area (Å²) in [4.78, 5) is 39.0. The third-order valence-electron chi connectivity index (χ3n) is 4.60. The number of benzene rings is 2. The van der Waals surface area contributed by atoms with Gasteiger partial charge in [-0.2, -0.15) is 0 Å². The summed E-state index contributed by atoms with van der Waals surface area (Å²) in [5.41, 5.74) is 2.56. The Kier molecular flexibility index (Phi) is 5.45. The number of fused-ring (bicyclic) bond motifs is 1. The predicted molar refractivity (Wildman–Crippen MR) is 109 cm³/mol. The van der Waals surface area contributed by atoms with Gasteiger partial charge in [0.1, 0.15) is 5.76 Å². The first kappa shape index (κ1) is 19.5. The summed E-state index contributed by atoms with van der Waals surface area (Å²) in [6, 6.07) is 14.3. The summed E-state index contributed by atoms with van der Waals surface area (Å²) in [5, 5.41) is 0. The van der Waals surface area contributed by atoms with Crippen LogP contribution in [-0.2, 0) is 14.3 Å². The molecule has 0 fully saturated rings. The molecule has 5 nitrogen and oxygen atoms in total. The van der Waals surface area contributed by atoms with Crippen molar-refractivity contribution >= 4 is 34.6 Å². The maximum atomic E-state index is 13.2. The Morgan fingerprint density at radius 3 is 2.29 bits per heavy atom. The summed E-state index contributed by atoms with van der Waals surface area (Å²) in [6.45, 7) is 7.21. The summed E-state index contributed by atoms with van der Waals surface area (Å²) in [7, 11) is 0. The third kappa shape index (κ3) is 3.36. The van der Waals surface area contributed by atoms with Crippen LogP contribution in [0.1, 0.15) is 49.2 Å². The smallest absolute Gasteiger partial charge is 0.269 e. The molecule has 0 aromatic heterocycles. The largest absolute Gasteiger partial charge is 0.492 e. The zero-order chi connectivity index (χ0) is 20.4. The number of carbonyl (C=O) groups excluding carboxylic acids is 3. The molecule has 28 heavy (non-hydrogen) atoms. The van der Waals surface area contributed by atoms with Crippen LogP contribution < -0.4 is 4.90 Å². The van der Waals surface area contributed by atoms with Gasteiger partial charge in [-0.1, -0.05) is 44.2 Å². The standard InChI is InChI=1S/C23H23NO4/c1-5-28-22(16-9-7-6-8-10-16)20-18-13-17(21(26)14(2)3)11-12-19(18)24(15(4)25)23(20)27/h6-14H,5H2,1-4H3/b22-20+. The number of imide groups is 1. The van der Waals surface area contributed by atoms with E-state index in [0.29, 0.717) is 34.8 Å². The summed E-state index contributed by atoms with van der Waals surface area (Å²) < 4.78 is 5.85. The molecule has 1 aliphatic rings. The lowest BCUT2D eigenvalue weighted by Crippen LogP contribution is -2.31. The Morgan fingerprint density at radius 1 is 1.04 bits per heavy atom. The van der Waals surface area contributed by atoms with Crippen molar-refractivity contribution in [2.75, 3.05) is 11.5 Å². The fourth-order valence-electron chi connectivity index (χ4n) is 3.32. The molecule has 0 radical (unpaired) electrons. The van der Waals surface area contributed by atoms with Crippen LogP contribution in [0.15, 0.2) is 48.5 Å². The monoisotopic (exact) mass is 377 g/mol. The van der Waals surface area contributed by atoms with Crippen LogP contribution >= 0.6 is 0 Å². The number of ketones is 1. The van der Waals surface area contributed by atoms with Crippen LogP contribution in [-0.4, -0.2) is 24.2 Å². The highest BCUT2D eigenvalue weighted by molar-refractivity contribution is 6.43. The molecule has 2 aromatic rings. The van der Waals surface area contributed by atoms with E-state index in [1.54, 1.807) is 18.2 Å². The Morgan fingerprint density at radius 2 is 1.71 bits per heavy atom. The average molecular weight is 377 g/mol. The molecule has 5 heteroatoms. The van der Waals surface area contributed by atoms with Gasteiger partial charge in [-0.05, 0) is 25.1 Å². The first-order valence-electron chi connectivity index (χ1n) is 9.33. The number of hydrogen-bond donors (Lipinski definition) is 0. The minimum absolute atomic E-state index is 0.0199. The van der Waals surface area contributed by atoms with Crippen molar-refractivity contribution in [3.05, 3.63) is 65.2 Å². The Labute approximate surface area is 164 Å². The zero-order valence-electron chi connectivity index (χ0n) is 16.5. The van der Waals surface area contributed by atoms with Gasteiger partial charge in [-0.25, -0.2) is 4.90 Å². The second kappa shape index (κ2) is 7.80. The van der Waals surface area contributed by atoms with E-state index in [4.69, 9.17) is 4.74 Å². The molecule has 2 amide bonds. The van der Waals surface area contributed by atoms with E-state index in [0.717, 1.165) is 10.5 Å². The highest BCUT2D eigenvalue weighted by Gasteiger charge is 2.38. The van der Waals surface area contributed by atoms with Crippen molar-refractivity contribution < 1.29 is 19.1 Å². The highest BCUT2D eigenvalue weighted by atomic mass is 16.5. The van der Waals surface area contributed by atoms with Crippen molar-refractivity contribution in [1.82, 2.24) is 0 Å². The molecule has 3 rings (SSSR count). The van der Waals surface area contributed by atoms with Crippen molar-refractivity contribution in [3.63, 3.8) is 0 Å². The van der Waals surface area contributed by atoms with Crippen LogP contribution in [0, 0.1) is 5.92 Å². The minimum Gasteiger partial charge on any atom is -0.492 e. The molecule has 144 valence electrons. The SMILES string of the molecule is CCO/C(=C1/C(=O)N(C(C)=O)c2ccc(C(=O)C(C)C)cc21)c1ccccc1. The molecule has 1 heterocycles. The van der Waals surface area contributed by atoms with Crippen molar-refractivity contribution in [1.29, 1.82) is 0 Å². The number of Topliss-reactive ketones (excluding diaryl/α,β-unsaturated/α-hetero) is 1. The van der Waals surface area contributed by atoms with Gasteiger partial charge < -0.3 is 4.74 Å². The Balaban J connectivity index is 2.30. The van der Waals surface area contributed by atoms with Gasteiger partial charge in [0.2, 0.25) is 5.91 Å². The third-order valence-corrected chi connectivity index (χ3v) is 4.60. The topological polar surface area (TPSA) is 63.7 Å². The number of hydrogen-bond acceptors (Lipinski definition) is 4. The van der Waals surface area contributed by atoms with Crippen LogP contribution in [0.5, 0.6) is 0 Å². The van der Waals surface area contributed by atoms with Crippen LogP contribution in [0.4, 0.5) is 5.69 Å². The van der Waals surface area contributed by atoms with Crippen molar-refractivity contribution in [3.8, 4) is 0 Å². The summed E-state index contributed by atoms with van der Waals surface area (Å²) in [5.74, 6) is -0.607. The molecule has 1 aliphatic heterocycles. The second-order valence-electron chi connectivity index (χ2n) is 6.91. The van der Waals surface area contributed by atoms with Crippen molar-refractivity contribution in [2.45, 2.75) is 27.7 Å². The van der Waals surface area contributed by atoms with E-state index >= 15 is 0 Å². The average Bonchev–Trinajstić information content (AvgIpc) is 2.97. The Bertz CT molecular complexity index is 973. The molecule has 0 unspecified atom stereocenters.